The van der Waals surface area contributed by atoms with Gasteiger partial charge in [0, 0.05) is 12.1 Å². The lowest BCUT2D eigenvalue weighted by Gasteiger charge is -2.25. The number of amidine groups is 1. The van der Waals surface area contributed by atoms with Crippen molar-refractivity contribution in [3.8, 4) is 16.9 Å². The molecule has 3 N–H and O–H groups in total. The first-order chi connectivity index (χ1) is 18.8. The fourth-order valence-corrected chi connectivity index (χ4v) is 5.26. The quantitative estimate of drug-likeness (QED) is 0.206. The van der Waals surface area contributed by atoms with Gasteiger partial charge in [-0.2, -0.15) is 0 Å². The number of nitrogens with two attached hydrogens (primary N) is 1. The molecule has 0 aromatic heterocycles. The zero-order valence-electron chi connectivity index (χ0n) is 22.9. The third-order valence-electron chi connectivity index (χ3n) is 7.65. The number of hydrogen-bond acceptors (Lipinski definition) is 5. The van der Waals surface area contributed by atoms with Crippen LogP contribution in [0.25, 0.3) is 11.1 Å². The highest BCUT2D eigenvalue weighted by molar-refractivity contribution is 5.95. The third kappa shape index (κ3) is 6.66. The molecule has 1 heterocycles. The topological polar surface area (TPSA) is 106 Å². The number of likely N-dealkylation sites (tertiary alicyclic amines) is 1. The Kier molecular flexibility index (Phi) is 9.02. The molecule has 4 rings (SSSR count). The summed E-state index contributed by atoms with van der Waals surface area (Å²) in [6, 6.07) is 21.8. The Bertz CT molecular complexity index is 1320. The molecule has 2 atom stereocenters. The molecular weight excluding hydrogens is 490 g/mol. The van der Waals surface area contributed by atoms with Crippen LogP contribution in [-0.2, 0) is 20.7 Å². The third-order valence-corrected chi connectivity index (χ3v) is 7.65. The second-order valence-corrected chi connectivity index (χ2v) is 10.2. The molecule has 1 saturated heterocycles. The van der Waals surface area contributed by atoms with Crippen molar-refractivity contribution in [3.05, 3.63) is 89.0 Å². The molecule has 1 fully saturated rings. The molecule has 1 amide bonds. The summed E-state index contributed by atoms with van der Waals surface area (Å²) < 4.78 is 11.1. The van der Waals surface area contributed by atoms with Crippen LogP contribution >= 0.6 is 0 Å². The molecule has 1 aliphatic heterocycles. The largest absolute Gasteiger partial charge is 0.491 e. The Morgan fingerprint density at radius 3 is 2.41 bits per heavy atom. The van der Waals surface area contributed by atoms with E-state index in [4.69, 9.17) is 20.6 Å². The predicted molar refractivity (Wildman–Crippen MR) is 153 cm³/mol. The molecule has 3 aromatic carbocycles. The Hall–Kier alpha value is -4.13. The minimum atomic E-state index is -0.383. The molecule has 0 unspecified atom stereocenters. The molecule has 1 aliphatic rings. The van der Waals surface area contributed by atoms with E-state index in [-0.39, 0.29) is 36.1 Å². The molecule has 0 saturated carbocycles. The summed E-state index contributed by atoms with van der Waals surface area (Å²) in [5.41, 5.74) is 11.8. The number of carbonyl (C=O) groups excluding carboxylic acids is 2. The number of carbonyl (C=O) groups is 2. The first kappa shape index (κ1) is 27.9. The molecular formula is C32H37N3O4. The number of aryl methyl sites for hydroxylation is 1. The van der Waals surface area contributed by atoms with Crippen LogP contribution in [0.2, 0.25) is 0 Å². The van der Waals surface area contributed by atoms with Crippen LogP contribution < -0.4 is 10.5 Å². The SMILES string of the molecule is COC(=O)C[C@@H]1C[C@@H](COc2ccc(-c3ccc(C(=N)N)cc3)c(C)c2C)N(CCCc2ccccc2)C1=O. The van der Waals surface area contributed by atoms with Crippen LogP contribution in [-0.4, -0.2) is 48.9 Å². The maximum Gasteiger partial charge on any atom is 0.306 e. The average molecular weight is 528 g/mol. The van der Waals surface area contributed by atoms with Crippen LogP contribution in [0.1, 0.15) is 41.5 Å². The van der Waals surface area contributed by atoms with E-state index in [1.54, 1.807) is 0 Å². The molecule has 7 heteroatoms. The number of nitrogens with one attached hydrogen (secondary N) is 1. The lowest BCUT2D eigenvalue weighted by molar-refractivity contribution is -0.144. The van der Waals surface area contributed by atoms with Gasteiger partial charge in [-0.25, -0.2) is 0 Å². The molecule has 3 aromatic rings. The monoisotopic (exact) mass is 527 g/mol. The number of hydrogen-bond donors (Lipinski definition) is 2. The van der Waals surface area contributed by atoms with E-state index in [2.05, 4.69) is 19.1 Å². The van der Waals surface area contributed by atoms with Gasteiger partial charge in [0.1, 0.15) is 18.2 Å². The van der Waals surface area contributed by atoms with Gasteiger partial charge < -0.3 is 20.1 Å². The lowest BCUT2D eigenvalue weighted by atomic mass is 9.95. The van der Waals surface area contributed by atoms with Crippen molar-refractivity contribution in [2.24, 2.45) is 11.7 Å². The first-order valence-electron chi connectivity index (χ1n) is 13.4. The molecule has 0 aliphatic carbocycles. The van der Waals surface area contributed by atoms with Gasteiger partial charge in [0.05, 0.1) is 25.5 Å². The van der Waals surface area contributed by atoms with Crippen molar-refractivity contribution < 1.29 is 19.1 Å². The number of amides is 1. The second kappa shape index (κ2) is 12.6. The van der Waals surface area contributed by atoms with E-state index in [1.165, 1.54) is 12.7 Å². The zero-order chi connectivity index (χ0) is 27.9. The van der Waals surface area contributed by atoms with Crippen LogP contribution in [0, 0.1) is 25.2 Å². The Morgan fingerprint density at radius 2 is 1.74 bits per heavy atom. The number of benzene rings is 3. The number of ether oxygens (including phenoxy) is 2. The van der Waals surface area contributed by atoms with Gasteiger partial charge in [-0.05, 0) is 67.0 Å². The maximum absolute atomic E-state index is 13.3. The lowest BCUT2D eigenvalue weighted by Crippen LogP contribution is -2.38. The fourth-order valence-electron chi connectivity index (χ4n) is 5.26. The van der Waals surface area contributed by atoms with E-state index in [0.29, 0.717) is 25.1 Å². The van der Waals surface area contributed by atoms with E-state index >= 15 is 0 Å². The number of rotatable bonds is 11. The number of methoxy groups -OCH3 is 1. The number of nitrogen functional groups attached to an aromatic ring is 1. The maximum atomic E-state index is 13.3. The van der Waals surface area contributed by atoms with E-state index in [0.717, 1.165) is 40.8 Å². The first-order valence-corrected chi connectivity index (χ1v) is 13.4. The van der Waals surface area contributed by atoms with Gasteiger partial charge in [0.2, 0.25) is 5.91 Å². The van der Waals surface area contributed by atoms with Crippen molar-refractivity contribution >= 4 is 17.7 Å². The van der Waals surface area contributed by atoms with Crippen molar-refractivity contribution in [1.29, 1.82) is 5.41 Å². The van der Waals surface area contributed by atoms with Crippen molar-refractivity contribution in [2.75, 3.05) is 20.3 Å². The highest BCUT2D eigenvalue weighted by atomic mass is 16.5. The average Bonchev–Trinajstić information content (AvgIpc) is 3.23. The Balaban J connectivity index is 1.46. The summed E-state index contributed by atoms with van der Waals surface area (Å²) in [4.78, 5) is 27.1. The van der Waals surface area contributed by atoms with Gasteiger partial charge in [0.25, 0.3) is 0 Å². The smallest absolute Gasteiger partial charge is 0.306 e. The standard InChI is InChI=1S/C32H37N3O4/c1-21-22(2)29(16-15-28(21)24-11-13-25(14-12-24)31(33)34)39-20-27-18-26(19-30(36)38-3)32(37)35(27)17-7-10-23-8-5-4-6-9-23/h4-6,8-9,11-16,26-27H,7,10,17-20H2,1-3H3,(H3,33,34)/t26-,27-/m0/s1. The van der Waals surface area contributed by atoms with Crippen molar-refractivity contribution in [3.63, 3.8) is 0 Å². The highest BCUT2D eigenvalue weighted by Crippen LogP contribution is 2.33. The van der Waals surface area contributed by atoms with Gasteiger partial charge in [-0.1, -0.05) is 60.7 Å². The Labute approximate surface area is 230 Å². The zero-order valence-corrected chi connectivity index (χ0v) is 22.9. The predicted octanol–water partition coefficient (Wildman–Crippen LogP) is 5.05. The molecule has 0 spiro atoms. The summed E-state index contributed by atoms with van der Waals surface area (Å²) >= 11 is 0. The molecule has 39 heavy (non-hydrogen) atoms. The summed E-state index contributed by atoms with van der Waals surface area (Å²) in [5.74, 6) is 0.0825. The summed E-state index contributed by atoms with van der Waals surface area (Å²) in [6.45, 7) is 5.09. The van der Waals surface area contributed by atoms with Gasteiger partial charge in [-0.3, -0.25) is 15.0 Å². The van der Waals surface area contributed by atoms with Crippen LogP contribution in [0.3, 0.4) is 0 Å². The summed E-state index contributed by atoms with van der Waals surface area (Å²) in [5, 5.41) is 7.60. The van der Waals surface area contributed by atoms with E-state index < -0.39 is 0 Å². The van der Waals surface area contributed by atoms with E-state index in [1.807, 2.05) is 66.4 Å². The minimum absolute atomic E-state index is 0.000630. The van der Waals surface area contributed by atoms with Crippen LogP contribution in [0.4, 0.5) is 0 Å². The highest BCUT2D eigenvalue weighted by Gasteiger charge is 2.40. The Morgan fingerprint density at radius 1 is 1.03 bits per heavy atom. The summed E-state index contributed by atoms with van der Waals surface area (Å²) in [6.07, 6.45) is 2.38. The fraction of sp³-hybridized carbons (Fsp3) is 0.344. The van der Waals surface area contributed by atoms with Crippen molar-refractivity contribution in [2.45, 2.75) is 45.6 Å². The summed E-state index contributed by atoms with van der Waals surface area (Å²) in [7, 11) is 1.35. The normalized spacial score (nSPS) is 16.8. The molecule has 204 valence electrons. The van der Waals surface area contributed by atoms with Gasteiger partial charge in [-0.15, -0.1) is 0 Å². The second-order valence-electron chi connectivity index (χ2n) is 10.2. The minimum Gasteiger partial charge on any atom is -0.491 e. The number of nitrogens with zero attached hydrogens (tertiary/aromatic N) is 1. The van der Waals surface area contributed by atoms with Gasteiger partial charge >= 0.3 is 5.97 Å². The molecule has 7 nitrogen and oxygen atoms in total. The van der Waals surface area contributed by atoms with Crippen LogP contribution in [0.5, 0.6) is 5.75 Å². The van der Waals surface area contributed by atoms with Crippen molar-refractivity contribution in [1.82, 2.24) is 4.90 Å². The van der Waals surface area contributed by atoms with Gasteiger partial charge in [0.15, 0.2) is 0 Å². The van der Waals surface area contributed by atoms with Crippen LogP contribution in [0.15, 0.2) is 66.7 Å². The number of esters is 1. The van der Waals surface area contributed by atoms with E-state index in [9.17, 15) is 9.59 Å². The molecule has 0 bridgehead atoms. The molecule has 0 radical (unpaired) electrons.